The number of hydrazone groups is 1. The van der Waals surface area contributed by atoms with Gasteiger partial charge in [0.25, 0.3) is 16.0 Å². The van der Waals surface area contributed by atoms with Gasteiger partial charge in [-0.15, -0.1) is 0 Å². The average molecular weight is 483 g/mol. The van der Waals surface area contributed by atoms with Crippen molar-refractivity contribution in [1.29, 1.82) is 0 Å². The molecule has 0 bridgehead atoms. The topological polar surface area (TPSA) is 164 Å². The van der Waals surface area contributed by atoms with Gasteiger partial charge >= 0.3 is 5.97 Å². The van der Waals surface area contributed by atoms with Gasteiger partial charge < -0.3 is 20.4 Å². The molecule has 4 N–H and O–H groups in total. The molecule has 1 heterocycles. The third-order valence-corrected chi connectivity index (χ3v) is 5.94. The van der Waals surface area contributed by atoms with Crippen molar-refractivity contribution >= 4 is 51.1 Å². The van der Waals surface area contributed by atoms with Crippen molar-refractivity contribution in [2.24, 2.45) is 10.8 Å². The minimum Gasteiger partial charge on any atom is -0.464 e. The second-order valence-electron chi connectivity index (χ2n) is 6.04. The van der Waals surface area contributed by atoms with E-state index in [9.17, 15) is 18.0 Å². The molecule has 1 unspecified atom stereocenters. The molecule has 1 aliphatic rings. The SMILES string of the molecule is COC(=O)C1=NN(c2ccc(S(=O)(=O)OC)cc2)C(=O)C1N.COSc1ccc(N)cc1. The van der Waals surface area contributed by atoms with Crippen molar-refractivity contribution in [2.75, 3.05) is 32.1 Å². The standard InChI is InChI=1S/C12H13N3O6S.C7H9NOS/c1-20-12(17)10-9(13)11(16)15(14-10)7-3-5-8(6-4-7)22(18,19)21-2;1-9-10-7-4-2-6(8)3-5-7/h3-6,9H,13H2,1-2H3;2-5H,8H2,1H3. The number of methoxy groups -OCH3 is 1. The average Bonchev–Trinajstić information content (AvgIpc) is 3.10. The van der Waals surface area contributed by atoms with Gasteiger partial charge in [-0.1, -0.05) is 0 Å². The zero-order valence-electron chi connectivity index (χ0n) is 17.4. The number of rotatable bonds is 6. The maximum Gasteiger partial charge on any atom is 0.356 e. The Morgan fingerprint density at radius 2 is 1.66 bits per heavy atom. The summed E-state index contributed by atoms with van der Waals surface area (Å²) in [6, 6.07) is 11.5. The number of hydrogen-bond acceptors (Lipinski definition) is 11. The highest BCUT2D eigenvalue weighted by Gasteiger charge is 2.38. The molecule has 0 aliphatic carbocycles. The fraction of sp³-hybridized carbons (Fsp3) is 0.211. The molecular weight excluding hydrogens is 460 g/mol. The molecule has 11 nitrogen and oxygen atoms in total. The first-order valence-corrected chi connectivity index (χ1v) is 11.0. The highest BCUT2D eigenvalue weighted by Crippen LogP contribution is 2.23. The van der Waals surface area contributed by atoms with E-state index in [4.69, 9.17) is 15.7 Å². The van der Waals surface area contributed by atoms with Crippen LogP contribution in [0.25, 0.3) is 0 Å². The summed E-state index contributed by atoms with van der Waals surface area (Å²) in [6.45, 7) is 0. The van der Waals surface area contributed by atoms with Gasteiger partial charge in [0.15, 0.2) is 5.71 Å². The summed E-state index contributed by atoms with van der Waals surface area (Å²) < 4.78 is 36.7. The van der Waals surface area contributed by atoms with Crippen LogP contribution in [-0.4, -0.2) is 53.4 Å². The molecule has 172 valence electrons. The Morgan fingerprint density at radius 3 is 2.16 bits per heavy atom. The van der Waals surface area contributed by atoms with Crippen molar-refractivity contribution in [3.05, 3.63) is 48.5 Å². The fourth-order valence-corrected chi connectivity index (χ4v) is 3.50. The molecule has 0 radical (unpaired) electrons. The Labute approximate surface area is 189 Å². The van der Waals surface area contributed by atoms with E-state index in [1.54, 1.807) is 7.11 Å². The van der Waals surface area contributed by atoms with Gasteiger partial charge in [0.2, 0.25) is 0 Å². The predicted octanol–water partition coefficient (Wildman–Crippen LogP) is 1.15. The molecule has 3 rings (SSSR count). The van der Waals surface area contributed by atoms with E-state index >= 15 is 0 Å². The number of benzene rings is 2. The lowest BCUT2D eigenvalue weighted by Crippen LogP contribution is -2.42. The second-order valence-corrected chi connectivity index (χ2v) is 8.72. The van der Waals surface area contributed by atoms with Gasteiger partial charge in [-0.05, 0) is 48.5 Å². The van der Waals surface area contributed by atoms with Crippen molar-refractivity contribution in [3.63, 3.8) is 0 Å². The molecule has 0 aromatic heterocycles. The Balaban J connectivity index is 0.000000303. The van der Waals surface area contributed by atoms with E-state index in [1.165, 1.54) is 36.3 Å². The van der Waals surface area contributed by atoms with E-state index in [0.29, 0.717) is 0 Å². The van der Waals surface area contributed by atoms with Crippen LogP contribution in [0, 0.1) is 0 Å². The summed E-state index contributed by atoms with van der Waals surface area (Å²) in [5.74, 6) is -1.43. The Hall–Kier alpha value is -2.97. The maximum absolute atomic E-state index is 12.0. The molecule has 13 heteroatoms. The van der Waals surface area contributed by atoms with Gasteiger partial charge in [-0.2, -0.15) is 18.5 Å². The molecule has 32 heavy (non-hydrogen) atoms. The van der Waals surface area contributed by atoms with Crippen molar-refractivity contribution in [2.45, 2.75) is 15.8 Å². The summed E-state index contributed by atoms with van der Waals surface area (Å²) in [5, 5.41) is 4.74. The number of carbonyl (C=O) groups excluding carboxylic acids is 2. The minimum absolute atomic E-state index is 0.0770. The Kier molecular flexibility index (Phi) is 8.74. The van der Waals surface area contributed by atoms with Gasteiger partial charge in [-0.3, -0.25) is 8.98 Å². The van der Waals surface area contributed by atoms with Gasteiger partial charge in [0, 0.05) is 22.6 Å². The molecule has 0 saturated heterocycles. The van der Waals surface area contributed by atoms with Crippen LogP contribution in [-0.2, 0) is 32.8 Å². The number of esters is 1. The Morgan fingerprint density at radius 1 is 1.06 bits per heavy atom. The molecule has 1 aliphatic heterocycles. The van der Waals surface area contributed by atoms with Crippen LogP contribution in [0.3, 0.4) is 0 Å². The van der Waals surface area contributed by atoms with Crippen LogP contribution in [0.1, 0.15) is 0 Å². The largest absolute Gasteiger partial charge is 0.464 e. The third-order valence-electron chi connectivity index (χ3n) is 4.02. The maximum atomic E-state index is 12.0. The lowest BCUT2D eigenvalue weighted by molar-refractivity contribution is -0.133. The minimum atomic E-state index is -3.83. The van der Waals surface area contributed by atoms with Crippen LogP contribution in [0.2, 0.25) is 0 Å². The number of ether oxygens (including phenoxy) is 1. The molecule has 2 aromatic rings. The smallest absolute Gasteiger partial charge is 0.356 e. The fourth-order valence-electron chi connectivity index (χ4n) is 2.40. The number of nitrogen functional groups attached to an aromatic ring is 1. The predicted molar refractivity (Wildman–Crippen MR) is 119 cm³/mol. The summed E-state index contributed by atoms with van der Waals surface area (Å²) in [6.07, 6.45) is 0. The first-order valence-electron chi connectivity index (χ1n) is 8.87. The molecule has 2 aromatic carbocycles. The quantitative estimate of drug-likeness (QED) is 0.264. The highest BCUT2D eigenvalue weighted by molar-refractivity contribution is 7.94. The van der Waals surface area contributed by atoms with Crippen LogP contribution in [0.15, 0.2) is 63.4 Å². The third kappa shape index (κ3) is 6.05. The molecular formula is C19H22N4O7S2. The van der Waals surface area contributed by atoms with E-state index in [1.807, 2.05) is 24.3 Å². The second kappa shape index (κ2) is 11.1. The molecule has 0 fully saturated rings. The summed E-state index contributed by atoms with van der Waals surface area (Å²) >= 11 is 1.33. The first-order chi connectivity index (χ1) is 15.1. The van der Waals surface area contributed by atoms with Crippen LogP contribution in [0.5, 0.6) is 0 Å². The normalized spacial score (nSPS) is 15.6. The van der Waals surface area contributed by atoms with E-state index in [0.717, 1.165) is 29.8 Å². The van der Waals surface area contributed by atoms with E-state index in [-0.39, 0.29) is 16.3 Å². The van der Waals surface area contributed by atoms with E-state index in [2.05, 4.69) is 14.0 Å². The lowest BCUT2D eigenvalue weighted by Gasteiger charge is -2.12. The summed E-state index contributed by atoms with van der Waals surface area (Å²) in [4.78, 5) is 24.5. The number of amides is 1. The number of nitrogens with zero attached hydrogens (tertiary/aromatic N) is 2. The van der Waals surface area contributed by atoms with Crippen molar-refractivity contribution in [3.8, 4) is 0 Å². The van der Waals surface area contributed by atoms with Crippen molar-refractivity contribution in [1.82, 2.24) is 0 Å². The number of nitrogens with two attached hydrogens (primary N) is 2. The van der Waals surface area contributed by atoms with Gasteiger partial charge in [0.05, 0.1) is 31.9 Å². The monoisotopic (exact) mass is 482 g/mol. The summed E-state index contributed by atoms with van der Waals surface area (Å²) in [5.41, 5.74) is 11.9. The molecule has 1 amide bonds. The lowest BCUT2D eigenvalue weighted by atomic mass is 10.2. The molecule has 0 saturated carbocycles. The van der Waals surface area contributed by atoms with Crippen LogP contribution in [0.4, 0.5) is 11.4 Å². The number of anilines is 2. The zero-order chi connectivity index (χ0) is 23.9. The van der Waals surface area contributed by atoms with Crippen LogP contribution >= 0.6 is 12.0 Å². The van der Waals surface area contributed by atoms with Crippen molar-refractivity contribution < 1.29 is 31.1 Å². The summed E-state index contributed by atoms with van der Waals surface area (Å²) in [7, 11) is -0.000307. The molecule has 1 atom stereocenters. The number of hydrogen-bond donors (Lipinski definition) is 2. The first kappa shape index (κ1) is 25.3. The van der Waals surface area contributed by atoms with Gasteiger partial charge in [0.1, 0.15) is 6.04 Å². The van der Waals surface area contributed by atoms with Crippen LogP contribution < -0.4 is 16.5 Å². The van der Waals surface area contributed by atoms with Gasteiger partial charge in [-0.25, -0.2) is 4.79 Å². The number of carbonyl (C=O) groups is 2. The van der Waals surface area contributed by atoms with E-state index < -0.39 is 28.0 Å². The zero-order valence-corrected chi connectivity index (χ0v) is 19.1. The molecule has 0 spiro atoms. The Bertz CT molecular complexity index is 1090. The highest BCUT2D eigenvalue weighted by atomic mass is 32.2.